The van der Waals surface area contributed by atoms with Gasteiger partial charge >= 0.3 is 0 Å². The summed E-state index contributed by atoms with van der Waals surface area (Å²) in [6, 6.07) is 0. The molecule has 2 saturated heterocycles. The Balaban J connectivity index is -0.0000000706. The van der Waals surface area contributed by atoms with E-state index in [0.717, 1.165) is 11.8 Å². The highest BCUT2D eigenvalue weighted by Gasteiger charge is 2.23. The normalized spacial score (nSPS) is 16.6. The van der Waals surface area contributed by atoms with Gasteiger partial charge in [0.15, 0.2) is 0 Å². The van der Waals surface area contributed by atoms with E-state index in [-0.39, 0.29) is 14.9 Å². The van der Waals surface area contributed by atoms with E-state index in [1.807, 2.05) is 27.7 Å². The first-order valence-electron chi connectivity index (χ1n) is 14.4. The lowest BCUT2D eigenvalue weighted by molar-refractivity contribution is 0.175. The molecule has 34 heavy (non-hydrogen) atoms. The first-order valence-corrected chi connectivity index (χ1v) is 14.4. The molecule has 0 bridgehead atoms. The number of likely N-dealkylation sites (tertiary alicyclic amines) is 2. The van der Waals surface area contributed by atoms with Crippen LogP contribution in [-0.4, -0.2) is 48.6 Å². The molecule has 2 heterocycles. The Kier molecular flexibility index (Phi) is 48.7. The van der Waals surface area contributed by atoms with Gasteiger partial charge in [-0.15, -0.1) is 0 Å². The fraction of sp³-hybridized carbons (Fsp3) is 1.00. The maximum Gasteiger partial charge on any atom is 0.0125 e. The van der Waals surface area contributed by atoms with E-state index in [9.17, 15) is 0 Å². The molecule has 1 saturated carbocycles. The van der Waals surface area contributed by atoms with Gasteiger partial charge in [-0.05, 0) is 91.5 Å². The average molecular weight is 491 g/mol. The average Bonchev–Trinajstić information content (AvgIpc) is 3.48. The summed E-state index contributed by atoms with van der Waals surface area (Å²) in [7, 11) is 2.17. The number of hydrogen-bond donors (Lipinski definition) is 0. The monoisotopic (exact) mass is 491 g/mol. The second kappa shape index (κ2) is 35.1. The van der Waals surface area contributed by atoms with Crippen LogP contribution in [0.25, 0.3) is 0 Å². The second-order valence-corrected chi connectivity index (χ2v) is 11.1. The highest BCUT2D eigenvalue weighted by Crippen LogP contribution is 2.19. The molecular weight excluding hydrogens is 412 g/mol. The van der Waals surface area contributed by atoms with Gasteiger partial charge in [0.05, 0.1) is 0 Å². The van der Waals surface area contributed by atoms with Crippen molar-refractivity contribution in [1.29, 1.82) is 0 Å². The molecule has 2 nitrogen and oxygen atoms in total. The predicted molar refractivity (Wildman–Crippen MR) is 168 cm³/mol. The molecule has 3 fully saturated rings. The van der Waals surface area contributed by atoms with E-state index >= 15 is 0 Å². The topological polar surface area (TPSA) is 6.48 Å². The second-order valence-electron chi connectivity index (χ2n) is 11.1. The Bertz CT molecular complexity index is 270. The van der Waals surface area contributed by atoms with Crippen LogP contribution in [0.1, 0.15) is 163 Å². The van der Waals surface area contributed by atoms with Crippen LogP contribution < -0.4 is 0 Å². The fourth-order valence-electron chi connectivity index (χ4n) is 3.15. The maximum atomic E-state index is 2.55. The van der Waals surface area contributed by atoms with Gasteiger partial charge in [0.1, 0.15) is 0 Å². The molecule has 0 unspecified atom stereocenters. The standard InChI is InChI=1S/C8H17N.C5H11N.C5H10.2C4H10.2C2H6.2CH4/c1-8(2,3)9-6-4-5-7-9;1-6-4-2-3-5-6;1-2-4-5-3-1;2*1-4(2)3;2*1-2;;/h4-7H2,1-3H3;2-5H2,1H3;1-5H2;2*4H,1-3H3;2*1-2H3;2*1H4. The summed E-state index contributed by atoms with van der Waals surface area (Å²) >= 11 is 0. The molecule has 3 aliphatic rings. The van der Waals surface area contributed by atoms with Crippen molar-refractivity contribution in [2.75, 3.05) is 33.2 Å². The molecule has 0 atom stereocenters. The van der Waals surface area contributed by atoms with Crippen molar-refractivity contribution in [2.24, 2.45) is 11.8 Å². The van der Waals surface area contributed by atoms with Crippen LogP contribution in [0.2, 0.25) is 0 Å². The van der Waals surface area contributed by atoms with E-state index < -0.39 is 0 Å². The zero-order valence-corrected chi connectivity index (χ0v) is 25.7. The lowest BCUT2D eigenvalue weighted by Gasteiger charge is -2.31. The van der Waals surface area contributed by atoms with Gasteiger partial charge in [-0.25, -0.2) is 0 Å². The summed E-state index contributed by atoms with van der Waals surface area (Å²) in [6.07, 6.45) is 13.1. The van der Waals surface area contributed by atoms with Crippen molar-refractivity contribution in [1.82, 2.24) is 9.80 Å². The van der Waals surface area contributed by atoms with Crippen LogP contribution in [0.5, 0.6) is 0 Å². The van der Waals surface area contributed by atoms with Crippen LogP contribution in [0.4, 0.5) is 0 Å². The Labute approximate surface area is 223 Å². The summed E-state index contributed by atoms with van der Waals surface area (Å²) < 4.78 is 0. The largest absolute Gasteiger partial charge is 0.306 e. The highest BCUT2D eigenvalue weighted by atomic mass is 15.2. The first-order chi connectivity index (χ1) is 15.0. The predicted octanol–water partition coefficient (Wildman–Crippen LogP) is 11.2. The molecule has 3 rings (SSSR count). The van der Waals surface area contributed by atoms with Gasteiger partial charge in [-0.3, -0.25) is 4.90 Å². The Morgan fingerprint density at radius 2 is 0.676 bits per heavy atom. The van der Waals surface area contributed by atoms with E-state index in [1.165, 1.54) is 84.0 Å². The van der Waals surface area contributed by atoms with Gasteiger partial charge < -0.3 is 4.90 Å². The minimum atomic E-state index is 0. The molecule has 2 aliphatic heterocycles. The van der Waals surface area contributed by atoms with E-state index in [0.29, 0.717) is 5.54 Å². The van der Waals surface area contributed by atoms with Gasteiger partial charge in [-0.1, -0.05) is 116 Å². The van der Waals surface area contributed by atoms with Crippen molar-refractivity contribution in [3.63, 3.8) is 0 Å². The van der Waals surface area contributed by atoms with Gasteiger partial charge in [-0.2, -0.15) is 0 Å². The summed E-state index contributed by atoms with van der Waals surface area (Å²) in [6.45, 7) is 33.1. The number of nitrogens with zero attached hydrogens (tertiary/aromatic N) is 2. The summed E-state index contributed by atoms with van der Waals surface area (Å²) in [5, 5.41) is 0. The first kappa shape index (κ1) is 47.2. The Morgan fingerprint density at radius 1 is 0.471 bits per heavy atom. The van der Waals surface area contributed by atoms with Crippen molar-refractivity contribution in [2.45, 2.75) is 168 Å². The Morgan fingerprint density at radius 3 is 0.794 bits per heavy atom. The molecule has 1 aliphatic carbocycles. The quantitative estimate of drug-likeness (QED) is 0.333. The molecule has 2 heteroatoms. The fourth-order valence-corrected chi connectivity index (χ4v) is 3.15. The Hall–Kier alpha value is -0.0800. The third-order valence-corrected chi connectivity index (χ3v) is 4.63. The number of hydrogen-bond acceptors (Lipinski definition) is 2. The van der Waals surface area contributed by atoms with Gasteiger partial charge in [0.25, 0.3) is 0 Å². The minimum absolute atomic E-state index is 0. The minimum Gasteiger partial charge on any atom is -0.306 e. The zero-order chi connectivity index (χ0) is 26.0. The van der Waals surface area contributed by atoms with Gasteiger partial charge in [0, 0.05) is 5.54 Å². The molecular formula is C32H78N2. The maximum absolute atomic E-state index is 2.55. The van der Waals surface area contributed by atoms with Crippen LogP contribution >= 0.6 is 0 Å². The van der Waals surface area contributed by atoms with Crippen molar-refractivity contribution in [3.8, 4) is 0 Å². The van der Waals surface area contributed by atoms with Crippen LogP contribution in [-0.2, 0) is 0 Å². The molecule has 0 aromatic carbocycles. The van der Waals surface area contributed by atoms with Crippen LogP contribution in [0, 0.1) is 11.8 Å². The molecule has 0 aromatic rings. The summed E-state index contributed by atoms with van der Waals surface area (Å²) in [4.78, 5) is 4.91. The highest BCUT2D eigenvalue weighted by molar-refractivity contribution is 4.79. The van der Waals surface area contributed by atoms with E-state index in [1.54, 1.807) is 0 Å². The smallest absolute Gasteiger partial charge is 0.0125 e. The SMILES string of the molecule is C.C.C1CCCC1.CC.CC.CC(C)(C)N1CCCC1.CC(C)C.CC(C)C.CN1CCCC1. The molecule has 216 valence electrons. The third-order valence-electron chi connectivity index (χ3n) is 4.63. The summed E-state index contributed by atoms with van der Waals surface area (Å²) in [5.74, 6) is 1.67. The van der Waals surface area contributed by atoms with Gasteiger partial charge in [0.2, 0.25) is 0 Å². The van der Waals surface area contributed by atoms with E-state index in [2.05, 4.69) is 79.2 Å². The molecule has 0 N–H and O–H groups in total. The van der Waals surface area contributed by atoms with Crippen molar-refractivity contribution in [3.05, 3.63) is 0 Å². The lowest BCUT2D eigenvalue weighted by atomic mass is 10.1. The van der Waals surface area contributed by atoms with Crippen LogP contribution in [0.3, 0.4) is 0 Å². The molecule has 0 spiro atoms. The lowest BCUT2D eigenvalue weighted by Crippen LogP contribution is -2.38. The number of rotatable bonds is 0. The molecule has 0 aromatic heterocycles. The summed E-state index contributed by atoms with van der Waals surface area (Å²) in [5.41, 5.74) is 0.413. The third kappa shape index (κ3) is 49.1. The zero-order valence-electron chi connectivity index (χ0n) is 25.7. The van der Waals surface area contributed by atoms with Crippen LogP contribution in [0.15, 0.2) is 0 Å². The molecule has 0 radical (unpaired) electrons. The molecule has 0 amide bonds. The van der Waals surface area contributed by atoms with E-state index in [4.69, 9.17) is 0 Å². The van der Waals surface area contributed by atoms with Crippen molar-refractivity contribution < 1.29 is 0 Å². The van der Waals surface area contributed by atoms with Crippen molar-refractivity contribution >= 4 is 0 Å².